The summed E-state index contributed by atoms with van der Waals surface area (Å²) >= 11 is 0. The maximum atomic E-state index is 6.96. The van der Waals surface area contributed by atoms with Crippen molar-refractivity contribution in [2.45, 2.75) is 99.3 Å². The molecule has 0 aromatic rings. The summed E-state index contributed by atoms with van der Waals surface area (Å²) in [7, 11) is -5.67. The van der Waals surface area contributed by atoms with Gasteiger partial charge in [-0.2, -0.15) is 0 Å². The Labute approximate surface area is 143 Å². The Bertz CT molecular complexity index is 324. The molecule has 0 rings (SSSR count). The topological polar surface area (TPSA) is 18.5 Å². The molecule has 0 aromatic heterocycles. The van der Waals surface area contributed by atoms with Crippen molar-refractivity contribution in [3.8, 4) is 0 Å². The van der Waals surface area contributed by atoms with E-state index in [1.807, 2.05) is 0 Å². The highest BCUT2D eigenvalue weighted by molar-refractivity contribution is 6.89. The van der Waals surface area contributed by atoms with Crippen molar-refractivity contribution >= 4 is 25.2 Å². The van der Waals surface area contributed by atoms with Crippen LogP contribution in [0.15, 0.2) is 0 Å². The molecule has 0 heterocycles. The van der Waals surface area contributed by atoms with E-state index in [0.717, 1.165) is 6.04 Å². The van der Waals surface area contributed by atoms with E-state index < -0.39 is 25.2 Å². The van der Waals surface area contributed by atoms with Gasteiger partial charge in [-0.1, -0.05) is 48.5 Å². The zero-order valence-corrected chi connectivity index (χ0v) is 20.6. The molecule has 0 amide bonds. The molecular formula is C17H42O2Si3. The fourth-order valence-corrected chi connectivity index (χ4v) is 18.1. The van der Waals surface area contributed by atoms with E-state index in [-0.39, 0.29) is 10.8 Å². The van der Waals surface area contributed by atoms with Crippen LogP contribution >= 0.6 is 0 Å². The van der Waals surface area contributed by atoms with Gasteiger partial charge in [-0.25, -0.2) is 0 Å². The van der Waals surface area contributed by atoms with Gasteiger partial charge in [0.25, 0.3) is 0 Å². The Kier molecular flexibility index (Phi) is 7.00. The summed E-state index contributed by atoms with van der Waals surface area (Å²) < 4.78 is 13.9. The first kappa shape index (κ1) is 22.6. The average molecular weight is 363 g/mol. The Morgan fingerprint density at radius 2 is 0.955 bits per heavy atom. The zero-order chi connectivity index (χ0) is 18.2. The van der Waals surface area contributed by atoms with Crippen LogP contribution in [0, 0.1) is 10.8 Å². The summed E-state index contributed by atoms with van der Waals surface area (Å²) in [6, 6.07) is 1.04. The van der Waals surface area contributed by atoms with Crippen LogP contribution in [0.25, 0.3) is 0 Å². The summed E-state index contributed by atoms with van der Waals surface area (Å²) in [5.41, 5.74) is 0.829. The first-order valence-corrected chi connectivity index (χ1v) is 17.7. The maximum absolute atomic E-state index is 6.96. The summed E-state index contributed by atoms with van der Waals surface area (Å²) in [5, 5.41) is 0. The SMILES string of the molecule is CC[Si](O[Si](C)(C)C)(O[Si](C)(C)C)C(C(C)(C)C)C(C)(C)C. The van der Waals surface area contributed by atoms with Crippen molar-refractivity contribution < 1.29 is 8.23 Å². The molecule has 0 aliphatic heterocycles. The first-order chi connectivity index (χ1) is 9.34. The fourth-order valence-electron chi connectivity index (χ4n) is 4.14. The number of hydrogen-bond acceptors (Lipinski definition) is 2. The van der Waals surface area contributed by atoms with Gasteiger partial charge in [0, 0.05) is 5.54 Å². The second kappa shape index (κ2) is 6.82. The molecule has 0 aliphatic rings. The smallest absolute Gasteiger partial charge is 0.321 e. The Balaban J connectivity index is 6.20. The van der Waals surface area contributed by atoms with Crippen molar-refractivity contribution in [1.29, 1.82) is 0 Å². The van der Waals surface area contributed by atoms with E-state index in [9.17, 15) is 0 Å². The minimum absolute atomic E-state index is 0.180. The lowest BCUT2D eigenvalue weighted by Crippen LogP contribution is -2.62. The van der Waals surface area contributed by atoms with Gasteiger partial charge in [-0.15, -0.1) is 0 Å². The largest absolute Gasteiger partial charge is 0.436 e. The molecule has 0 saturated carbocycles. The molecule has 0 unspecified atom stereocenters. The molecule has 0 spiro atoms. The Morgan fingerprint density at radius 1 is 0.682 bits per heavy atom. The van der Waals surface area contributed by atoms with E-state index in [1.165, 1.54) is 0 Å². The zero-order valence-electron chi connectivity index (χ0n) is 17.6. The van der Waals surface area contributed by atoms with Crippen LogP contribution in [0.5, 0.6) is 0 Å². The van der Waals surface area contributed by atoms with E-state index in [1.54, 1.807) is 0 Å². The van der Waals surface area contributed by atoms with Crippen LogP contribution < -0.4 is 0 Å². The van der Waals surface area contributed by atoms with Crippen LogP contribution in [0.1, 0.15) is 48.5 Å². The van der Waals surface area contributed by atoms with Gasteiger partial charge < -0.3 is 8.23 Å². The van der Waals surface area contributed by atoms with Gasteiger partial charge in [-0.3, -0.25) is 0 Å². The predicted octanol–water partition coefficient (Wildman–Crippen LogP) is 6.61. The standard InChI is InChI=1S/C17H42O2Si3/c1-14-22(18-20(8,9)10,19-21(11,12)13)15(16(2,3)4)17(5,6)7/h15H,14H2,1-13H3. The monoisotopic (exact) mass is 362 g/mol. The second-order valence-electron chi connectivity index (χ2n) is 10.8. The minimum Gasteiger partial charge on any atom is -0.436 e. The molecule has 0 aromatic carbocycles. The normalized spacial score (nSPS) is 15.5. The Morgan fingerprint density at radius 3 is 1.09 bits per heavy atom. The lowest BCUT2D eigenvalue weighted by atomic mass is 9.77. The van der Waals surface area contributed by atoms with E-state index >= 15 is 0 Å². The van der Waals surface area contributed by atoms with Gasteiger partial charge in [-0.05, 0) is 56.2 Å². The minimum atomic E-state index is -2.32. The summed E-state index contributed by atoms with van der Waals surface area (Å²) in [4.78, 5) is 0. The lowest BCUT2D eigenvalue weighted by molar-refractivity contribution is 0.176. The molecule has 5 heteroatoms. The molecule has 0 saturated heterocycles. The third-order valence-electron chi connectivity index (χ3n) is 3.62. The number of rotatable bonds is 6. The van der Waals surface area contributed by atoms with Gasteiger partial charge in [0.05, 0.1) is 0 Å². The summed E-state index contributed by atoms with van der Waals surface area (Å²) in [6.07, 6.45) is 0. The molecule has 0 bridgehead atoms. The van der Waals surface area contributed by atoms with Gasteiger partial charge in [0.2, 0.25) is 0 Å². The Hall–Kier alpha value is 0.571. The van der Waals surface area contributed by atoms with Gasteiger partial charge in [0.1, 0.15) is 0 Å². The van der Waals surface area contributed by atoms with Gasteiger partial charge in [0.15, 0.2) is 16.6 Å². The summed E-state index contributed by atoms with van der Waals surface area (Å²) in [5.74, 6) is 0. The average Bonchev–Trinajstić information content (AvgIpc) is 2.05. The summed E-state index contributed by atoms with van der Waals surface area (Å²) in [6.45, 7) is 30.3. The van der Waals surface area contributed by atoms with Crippen molar-refractivity contribution in [2.24, 2.45) is 10.8 Å². The first-order valence-electron chi connectivity index (χ1n) is 8.74. The van der Waals surface area contributed by atoms with Crippen LogP contribution in [0.2, 0.25) is 50.9 Å². The highest BCUT2D eigenvalue weighted by Gasteiger charge is 2.57. The van der Waals surface area contributed by atoms with Crippen molar-refractivity contribution in [3.05, 3.63) is 0 Å². The van der Waals surface area contributed by atoms with Crippen molar-refractivity contribution in [3.63, 3.8) is 0 Å². The van der Waals surface area contributed by atoms with E-state index in [0.29, 0.717) is 5.54 Å². The molecule has 0 radical (unpaired) electrons. The highest BCUT2D eigenvalue weighted by atomic mass is 28.5. The third-order valence-corrected chi connectivity index (χ3v) is 14.9. The maximum Gasteiger partial charge on any atom is 0.321 e. The van der Waals surface area contributed by atoms with E-state index in [2.05, 4.69) is 87.7 Å². The molecule has 0 N–H and O–H groups in total. The van der Waals surface area contributed by atoms with Crippen LogP contribution in [0.4, 0.5) is 0 Å². The molecule has 22 heavy (non-hydrogen) atoms. The highest BCUT2D eigenvalue weighted by Crippen LogP contribution is 2.54. The molecular weight excluding hydrogens is 320 g/mol. The molecule has 2 nitrogen and oxygen atoms in total. The number of hydrogen-bond donors (Lipinski definition) is 0. The molecule has 0 atom stereocenters. The lowest BCUT2D eigenvalue weighted by Gasteiger charge is -2.54. The molecule has 0 aliphatic carbocycles. The van der Waals surface area contributed by atoms with Crippen LogP contribution in [-0.2, 0) is 8.23 Å². The third kappa shape index (κ3) is 6.99. The molecule has 134 valence electrons. The molecule has 0 fully saturated rings. The predicted molar refractivity (Wildman–Crippen MR) is 108 cm³/mol. The van der Waals surface area contributed by atoms with Gasteiger partial charge >= 0.3 is 8.56 Å². The van der Waals surface area contributed by atoms with Crippen molar-refractivity contribution in [2.75, 3.05) is 0 Å². The quantitative estimate of drug-likeness (QED) is 0.495. The second-order valence-corrected chi connectivity index (χ2v) is 23.7. The van der Waals surface area contributed by atoms with Crippen LogP contribution in [-0.4, -0.2) is 25.2 Å². The van der Waals surface area contributed by atoms with Crippen LogP contribution in [0.3, 0.4) is 0 Å². The van der Waals surface area contributed by atoms with Crippen molar-refractivity contribution in [1.82, 2.24) is 0 Å². The van der Waals surface area contributed by atoms with E-state index in [4.69, 9.17) is 8.23 Å². The fraction of sp³-hybridized carbons (Fsp3) is 1.00.